The fourth-order valence-electron chi connectivity index (χ4n) is 2.38. The lowest BCUT2D eigenvalue weighted by molar-refractivity contribution is -0.144. The molecule has 128 valence electrons. The molecule has 1 heterocycles. The standard InChI is InChI=1S/C19H16O6/c1-11(19(21)22)24-14-6-7-15-16(10-14)25-17(18(15)20)9-12-4-3-5-13(8-12)23-2/h3-11H,1-2H3,(H,21,22)/t11-/m1/s1. The Balaban J connectivity index is 1.85. The van der Waals surface area contributed by atoms with Gasteiger partial charge in [0.15, 0.2) is 11.9 Å². The number of carbonyl (C=O) groups excluding carboxylic acids is 1. The number of fused-ring (bicyclic) bond motifs is 1. The molecule has 6 heteroatoms. The Morgan fingerprint density at radius 3 is 2.72 bits per heavy atom. The van der Waals surface area contributed by atoms with Gasteiger partial charge in [0.05, 0.1) is 12.7 Å². The van der Waals surface area contributed by atoms with Crippen molar-refractivity contribution in [1.82, 2.24) is 0 Å². The van der Waals surface area contributed by atoms with E-state index in [-0.39, 0.29) is 11.5 Å². The average Bonchev–Trinajstić information content (AvgIpc) is 2.90. The molecule has 6 nitrogen and oxygen atoms in total. The second kappa shape index (κ2) is 6.68. The fourth-order valence-corrected chi connectivity index (χ4v) is 2.38. The highest BCUT2D eigenvalue weighted by Gasteiger charge is 2.28. The molecule has 2 aromatic carbocycles. The van der Waals surface area contributed by atoms with Crippen LogP contribution >= 0.6 is 0 Å². The zero-order valence-corrected chi connectivity index (χ0v) is 13.7. The highest BCUT2D eigenvalue weighted by molar-refractivity contribution is 6.14. The molecule has 0 bridgehead atoms. The van der Waals surface area contributed by atoms with Crippen LogP contribution in [-0.4, -0.2) is 30.1 Å². The first-order chi connectivity index (χ1) is 12.0. The predicted molar refractivity (Wildman–Crippen MR) is 90.1 cm³/mol. The van der Waals surface area contributed by atoms with Crippen molar-refractivity contribution in [3.05, 3.63) is 59.4 Å². The maximum atomic E-state index is 12.4. The van der Waals surface area contributed by atoms with Crippen molar-refractivity contribution in [2.75, 3.05) is 7.11 Å². The third-order valence-corrected chi connectivity index (χ3v) is 3.69. The van der Waals surface area contributed by atoms with Crippen molar-refractivity contribution in [3.63, 3.8) is 0 Å². The molecule has 0 radical (unpaired) electrons. The number of benzene rings is 2. The van der Waals surface area contributed by atoms with Crippen LogP contribution in [0.2, 0.25) is 0 Å². The summed E-state index contributed by atoms with van der Waals surface area (Å²) in [5.41, 5.74) is 1.18. The monoisotopic (exact) mass is 340 g/mol. The molecule has 0 amide bonds. The summed E-state index contributed by atoms with van der Waals surface area (Å²) < 4.78 is 16.1. The number of ketones is 1. The maximum Gasteiger partial charge on any atom is 0.344 e. The first-order valence-corrected chi connectivity index (χ1v) is 7.60. The van der Waals surface area contributed by atoms with E-state index in [0.717, 1.165) is 5.56 Å². The van der Waals surface area contributed by atoms with E-state index in [9.17, 15) is 9.59 Å². The van der Waals surface area contributed by atoms with E-state index in [4.69, 9.17) is 19.3 Å². The van der Waals surface area contributed by atoms with E-state index >= 15 is 0 Å². The van der Waals surface area contributed by atoms with Crippen LogP contribution in [-0.2, 0) is 4.79 Å². The molecule has 0 fully saturated rings. The van der Waals surface area contributed by atoms with Gasteiger partial charge in [-0.25, -0.2) is 4.79 Å². The summed E-state index contributed by atoms with van der Waals surface area (Å²) >= 11 is 0. The van der Waals surface area contributed by atoms with Crippen molar-refractivity contribution in [2.45, 2.75) is 13.0 Å². The second-order valence-corrected chi connectivity index (χ2v) is 5.47. The highest BCUT2D eigenvalue weighted by atomic mass is 16.5. The lowest BCUT2D eigenvalue weighted by atomic mass is 10.1. The summed E-state index contributed by atoms with van der Waals surface area (Å²) in [6.07, 6.45) is 0.632. The lowest BCUT2D eigenvalue weighted by Crippen LogP contribution is -2.22. The van der Waals surface area contributed by atoms with Crippen molar-refractivity contribution >= 4 is 17.8 Å². The number of hydrogen-bond donors (Lipinski definition) is 1. The molecule has 1 aliphatic heterocycles. The number of rotatable bonds is 5. The number of carboxylic acids is 1. The molecule has 1 atom stereocenters. The number of allylic oxidation sites excluding steroid dienone is 1. The minimum absolute atomic E-state index is 0.187. The number of aliphatic carboxylic acids is 1. The summed E-state index contributed by atoms with van der Waals surface area (Å²) in [6.45, 7) is 1.43. The number of methoxy groups -OCH3 is 1. The van der Waals surface area contributed by atoms with E-state index in [0.29, 0.717) is 22.8 Å². The SMILES string of the molecule is COc1cccc(C=C2Oc3cc(O[C@H](C)C(=O)O)ccc3C2=O)c1. The molecule has 1 N–H and O–H groups in total. The van der Waals surface area contributed by atoms with Gasteiger partial charge < -0.3 is 19.3 Å². The van der Waals surface area contributed by atoms with Crippen LogP contribution in [0.4, 0.5) is 0 Å². The Hall–Kier alpha value is -3.28. The third kappa shape index (κ3) is 3.47. The molecule has 25 heavy (non-hydrogen) atoms. The Kier molecular flexibility index (Phi) is 4.43. The fraction of sp³-hybridized carbons (Fsp3) is 0.158. The molecule has 0 saturated heterocycles. The second-order valence-electron chi connectivity index (χ2n) is 5.47. The van der Waals surface area contributed by atoms with E-state index in [2.05, 4.69) is 0 Å². The molecular weight excluding hydrogens is 324 g/mol. The van der Waals surface area contributed by atoms with Gasteiger partial charge in [0.2, 0.25) is 5.78 Å². The molecule has 0 saturated carbocycles. The van der Waals surface area contributed by atoms with Crippen molar-refractivity contribution in [2.24, 2.45) is 0 Å². The Labute approximate surface area is 144 Å². The van der Waals surface area contributed by atoms with Gasteiger partial charge in [-0.15, -0.1) is 0 Å². The van der Waals surface area contributed by atoms with Gasteiger partial charge in [-0.3, -0.25) is 4.79 Å². The quantitative estimate of drug-likeness (QED) is 0.842. The lowest BCUT2D eigenvalue weighted by Gasteiger charge is -2.10. The van der Waals surface area contributed by atoms with Crippen molar-refractivity contribution in [3.8, 4) is 17.2 Å². The molecule has 0 unspecified atom stereocenters. The average molecular weight is 340 g/mol. The number of Topliss-reactive ketones (excluding diaryl/α,β-unsaturated/α-hetero) is 1. The molecule has 0 aliphatic carbocycles. The van der Waals surface area contributed by atoms with Gasteiger partial charge in [0.25, 0.3) is 0 Å². The van der Waals surface area contributed by atoms with Gasteiger partial charge in [-0.1, -0.05) is 12.1 Å². The van der Waals surface area contributed by atoms with Crippen LogP contribution in [0.3, 0.4) is 0 Å². The van der Waals surface area contributed by atoms with Crippen LogP contribution in [0, 0.1) is 0 Å². The number of carboxylic acid groups (broad SMARTS) is 1. The Morgan fingerprint density at radius 1 is 1.20 bits per heavy atom. The normalized spacial score (nSPS) is 15.4. The van der Waals surface area contributed by atoms with E-state index in [1.807, 2.05) is 12.1 Å². The van der Waals surface area contributed by atoms with Gasteiger partial charge >= 0.3 is 5.97 Å². The first-order valence-electron chi connectivity index (χ1n) is 7.60. The van der Waals surface area contributed by atoms with Crippen LogP contribution in [0.1, 0.15) is 22.8 Å². The zero-order valence-electron chi connectivity index (χ0n) is 13.7. The molecule has 3 rings (SSSR count). The number of carbonyl (C=O) groups is 2. The summed E-state index contributed by atoms with van der Waals surface area (Å²) in [5.74, 6) is 0.215. The summed E-state index contributed by atoms with van der Waals surface area (Å²) in [7, 11) is 1.57. The van der Waals surface area contributed by atoms with Gasteiger partial charge in [0.1, 0.15) is 17.2 Å². The van der Waals surface area contributed by atoms with Gasteiger partial charge in [-0.2, -0.15) is 0 Å². The topological polar surface area (TPSA) is 82.1 Å². The summed E-state index contributed by atoms with van der Waals surface area (Å²) in [5, 5.41) is 8.90. The molecule has 0 aromatic heterocycles. The van der Waals surface area contributed by atoms with Gasteiger partial charge in [0, 0.05) is 6.07 Å². The predicted octanol–water partition coefficient (Wildman–Crippen LogP) is 3.16. The van der Waals surface area contributed by atoms with Crippen LogP contribution in [0.5, 0.6) is 17.2 Å². The van der Waals surface area contributed by atoms with E-state index in [1.54, 1.807) is 37.5 Å². The van der Waals surface area contributed by atoms with Gasteiger partial charge in [-0.05, 0) is 42.8 Å². The molecule has 2 aromatic rings. The summed E-state index contributed by atoms with van der Waals surface area (Å²) in [4.78, 5) is 23.3. The van der Waals surface area contributed by atoms with E-state index in [1.165, 1.54) is 13.0 Å². The largest absolute Gasteiger partial charge is 0.497 e. The molecule has 0 spiro atoms. The zero-order chi connectivity index (χ0) is 18.0. The molecule has 1 aliphatic rings. The smallest absolute Gasteiger partial charge is 0.344 e. The van der Waals surface area contributed by atoms with Crippen molar-refractivity contribution in [1.29, 1.82) is 0 Å². The molecular formula is C19H16O6. The van der Waals surface area contributed by atoms with Crippen LogP contribution < -0.4 is 14.2 Å². The maximum absolute atomic E-state index is 12.4. The minimum Gasteiger partial charge on any atom is -0.497 e. The van der Waals surface area contributed by atoms with Crippen LogP contribution in [0.25, 0.3) is 6.08 Å². The summed E-state index contributed by atoms with van der Waals surface area (Å²) in [6, 6.07) is 11.9. The van der Waals surface area contributed by atoms with E-state index < -0.39 is 12.1 Å². The Bertz CT molecular complexity index is 868. The van der Waals surface area contributed by atoms with Crippen molar-refractivity contribution < 1.29 is 28.9 Å². The Morgan fingerprint density at radius 2 is 2.00 bits per heavy atom. The minimum atomic E-state index is -1.07. The first kappa shape index (κ1) is 16.6. The number of ether oxygens (including phenoxy) is 3. The van der Waals surface area contributed by atoms with Crippen LogP contribution in [0.15, 0.2) is 48.2 Å². The number of hydrogen-bond acceptors (Lipinski definition) is 5. The third-order valence-electron chi connectivity index (χ3n) is 3.69. The highest BCUT2D eigenvalue weighted by Crippen LogP contribution is 2.35.